The number of aliphatic hydroxyl groups is 7. The molecule has 7 N–H and O–H groups in total. The lowest BCUT2D eigenvalue weighted by Gasteiger charge is -2.72. The lowest BCUT2D eigenvalue weighted by atomic mass is 9.33. The molecule has 0 bridgehead atoms. The number of allylic oxidation sites excluding steroid dienone is 1. The van der Waals surface area contributed by atoms with Crippen LogP contribution in [0.3, 0.4) is 0 Å². The summed E-state index contributed by atoms with van der Waals surface area (Å²) in [7, 11) is 0. The van der Waals surface area contributed by atoms with Crippen LogP contribution in [-0.4, -0.2) is 97.3 Å². The van der Waals surface area contributed by atoms with Crippen LogP contribution in [0, 0.1) is 50.7 Å². The van der Waals surface area contributed by atoms with Crippen molar-refractivity contribution in [3.05, 3.63) is 11.6 Å². The van der Waals surface area contributed by atoms with Gasteiger partial charge in [-0.25, -0.2) is 0 Å². The Labute approximate surface area is 273 Å². The highest BCUT2D eigenvalue weighted by Gasteiger charge is 2.72. The zero-order chi connectivity index (χ0) is 33.8. The molecule has 16 unspecified atom stereocenters. The highest BCUT2D eigenvalue weighted by molar-refractivity contribution is 5.79. The summed E-state index contributed by atoms with van der Waals surface area (Å²) in [4.78, 5) is 14.5. The lowest BCUT2D eigenvalue weighted by molar-refractivity contribution is -0.299. The van der Waals surface area contributed by atoms with E-state index in [9.17, 15) is 40.5 Å². The van der Waals surface area contributed by atoms with Gasteiger partial charge in [-0.1, -0.05) is 46.3 Å². The summed E-state index contributed by atoms with van der Waals surface area (Å²) in [5, 5.41) is 75.0. The molecule has 0 aromatic rings. The minimum absolute atomic E-state index is 0.0435. The van der Waals surface area contributed by atoms with Crippen molar-refractivity contribution in [2.24, 2.45) is 50.7 Å². The number of carbonyl (C=O) groups excluding carboxylic acids is 1. The van der Waals surface area contributed by atoms with E-state index in [2.05, 4.69) is 26.8 Å². The van der Waals surface area contributed by atoms with Gasteiger partial charge in [0.2, 0.25) is 6.29 Å². The van der Waals surface area contributed by atoms with E-state index in [0.29, 0.717) is 38.0 Å². The Morgan fingerprint density at radius 3 is 2.24 bits per heavy atom. The highest BCUT2D eigenvalue weighted by atomic mass is 16.7. The molecule has 10 nitrogen and oxygen atoms in total. The number of hydrogen-bond donors (Lipinski definition) is 7. The van der Waals surface area contributed by atoms with Gasteiger partial charge in [-0.3, -0.25) is 4.79 Å². The number of carbonyl (C=O) groups is 1. The predicted octanol–water partition coefficient (Wildman–Crippen LogP) is 2.44. The molecule has 0 amide bonds. The molecule has 5 aliphatic carbocycles. The maximum Gasteiger partial charge on any atom is 0.315 e. The van der Waals surface area contributed by atoms with Crippen molar-refractivity contribution in [3.8, 4) is 0 Å². The molecule has 16 atom stereocenters. The first kappa shape index (κ1) is 34.7. The molecule has 0 spiro atoms. The Kier molecular flexibility index (Phi) is 8.46. The minimum atomic E-state index is -1.70. The Balaban J connectivity index is 1.39. The maximum atomic E-state index is 14.5. The van der Waals surface area contributed by atoms with E-state index in [1.54, 1.807) is 0 Å². The molecule has 1 saturated heterocycles. The van der Waals surface area contributed by atoms with E-state index in [1.165, 1.54) is 0 Å². The van der Waals surface area contributed by atoms with E-state index in [1.807, 2.05) is 20.8 Å². The maximum absolute atomic E-state index is 14.5. The van der Waals surface area contributed by atoms with Gasteiger partial charge >= 0.3 is 5.97 Å². The molecular weight excluding hydrogens is 592 g/mol. The van der Waals surface area contributed by atoms with Crippen LogP contribution in [0.4, 0.5) is 0 Å². The molecule has 6 aliphatic rings. The van der Waals surface area contributed by atoms with E-state index in [-0.39, 0.29) is 34.7 Å². The normalized spacial score (nSPS) is 56.8. The summed E-state index contributed by atoms with van der Waals surface area (Å²) in [6.45, 7) is 12.3. The van der Waals surface area contributed by atoms with Gasteiger partial charge in [-0.2, -0.15) is 0 Å². The van der Waals surface area contributed by atoms with Gasteiger partial charge in [-0.15, -0.1) is 0 Å². The first-order valence-electron chi connectivity index (χ1n) is 17.6. The molecule has 46 heavy (non-hydrogen) atoms. The first-order valence-corrected chi connectivity index (χ1v) is 17.6. The molecule has 0 aromatic heterocycles. The Morgan fingerprint density at radius 1 is 0.891 bits per heavy atom. The third-order valence-corrected chi connectivity index (χ3v) is 15.7. The van der Waals surface area contributed by atoms with Crippen molar-refractivity contribution < 1.29 is 50.0 Å². The third kappa shape index (κ3) is 4.39. The van der Waals surface area contributed by atoms with E-state index < -0.39 is 71.7 Å². The average Bonchev–Trinajstić information content (AvgIpc) is 3.01. The number of esters is 1. The fraction of sp³-hybridized carbons (Fsp3) is 0.917. The van der Waals surface area contributed by atoms with Crippen LogP contribution in [0.25, 0.3) is 0 Å². The number of hydrogen-bond acceptors (Lipinski definition) is 10. The first-order chi connectivity index (χ1) is 21.4. The van der Waals surface area contributed by atoms with Crippen LogP contribution in [0.2, 0.25) is 0 Å². The zero-order valence-electron chi connectivity index (χ0n) is 28.5. The number of ether oxygens (including phenoxy) is 2. The van der Waals surface area contributed by atoms with Gasteiger partial charge in [0.05, 0.1) is 30.3 Å². The summed E-state index contributed by atoms with van der Waals surface area (Å²) in [6, 6.07) is 0. The van der Waals surface area contributed by atoms with Gasteiger partial charge in [0.25, 0.3) is 0 Å². The van der Waals surface area contributed by atoms with Crippen molar-refractivity contribution in [3.63, 3.8) is 0 Å². The van der Waals surface area contributed by atoms with Crippen LogP contribution < -0.4 is 0 Å². The summed E-state index contributed by atoms with van der Waals surface area (Å²) in [5.41, 5.74) is -2.34. The van der Waals surface area contributed by atoms with Gasteiger partial charge in [0, 0.05) is 11.3 Å². The molecule has 10 heteroatoms. The molecule has 0 aromatic carbocycles. The topological polar surface area (TPSA) is 177 Å². The second-order valence-electron chi connectivity index (χ2n) is 17.4. The molecule has 0 radical (unpaired) electrons. The molecule has 5 fully saturated rings. The van der Waals surface area contributed by atoms with Gasteiger partial charge in [0.1, 0.15) is 24.4 Å². The minimum Gasteiger partial charge on any atom is -0.432 e. The molecule has 6 rings (SSSR count). The Bertz CT molecular complexity index is 1240. The average molecular weight is 651 g/mol. The molecule has 4 saturated carbocycles. The highest BCUT2D eigenvalue weighted by Crippen LogP contribution is 2.76. The molecular formula is C36H58O10. The van der Waals surface area contributed by atoms with E-state index in [0.717, 1.165) is 31.3 Å². The Morgan fingerprint density at radius 2 is 1.59 bits per heavy atom. The quantitative estimate of drug-likeness (QED) is 0.177. The van der Waals surface area contributed by atoms with Gasteiger partial charge < -0.3 is 45.2 Å². The van der Waals surface area contributed by atoms with Crippen molar-refractivity contribution >= 4 is 5.97 Å². The number of aliphatic hydroxyl groups excluding tert-OH is 6. The number of rotatable bonds is 4. The zero-order valence-corrected chi connectivity index (χ0v) is 28.5. The fourth-order valence-corrected chi connectivity index (χ4v) is 12.3. The summed E-state index contributed by atoms with van der Waals surface area (Å²) >= 11 is 0. The lowest BCUT2D eigenvalue weighted by Crippen LogP contribution is -2.68. The van der Waals surface area contributed by atoms with Crippen LogP contribution in [0.5, 0.6) is 0 Å². The molecule has 1 aliphatic heterocycles. The molecule has 262 valence electrons. The van der Waals surface area contributed by atoms with Crippen LogP contribution in [-0.2, 0) is 14.3 Å². The summed E-state index contributed by atoms with van der Waals surface area (Å²) < 4.78 is 11.5. The smallest absolute Gasteiger partial charge is 0.315 e. The van der Waals surface area contributed by atoms with E-state index in [4.69, 9.17) is 9.47 Å². The Hall–Kier alpha value is -1.11. The third-order valence-electron chi connectivity index (χ3n) is 15.7. The second-order valence-corrected chi connectivity index (χ2v) is 17.4. The van der Waals surface area contributed by atoms with Crippen LogP contribution >= 0.6 is 0 Å². The van der Waals surface area contributed by atoms with Crippen molar-refractivity contribution in [2.75, 3.05) is 13.2 Å². The van der Waals surface area contributed by atoms with Gasteiger partial charge in [-0.05, 0) is 98.7 Å². The summed E-state index contributed by atoms with van der Waals surface area (Å²) in [6.07, 6.45) is 0.492. The van der Waals surface area contributed by atoms with Crippen molar-refractivity contribution in [1.29, 1.82) is 0 Å². The monoisotopic (exact) mass is 650 g/mol. The largest absolute Gasteiger partial charge is 0.432 e. The van der Waals surface area contributed by atoms with E-state index >= 15 is 0 Å². The summed E-state index contributed by atoms with van der Waals surface area (Å²) in [5.74, 6) is -0.749. The predicted molar refractivity (Wildman–Crippen MR) is 168 cm³/mol. The second kappa shape index (κ2) is 11.2. The van der Waals surface area contributed by atoms with Crippen molar-refractivity contribution in [1.82, 2.24) is 0 Å². The fourth-order valence-electron chi connectivity index (χ4n) is 12.3. The van der Waals surface area contributed by atoms with Gasteiger partial charge in [0.15, 0.2) is 0 Å². The standard InChI is InChI=1S/C36H58O10/c1-19-9-14-36(30(43)46-29-27(42)26(41)25(40)21(17-37)45-29)16-15-33(4)20(28(36)35(19,6)44)7-8-23-31(2)12-11-24(39)32(3,18-38)22(31)10-13-34(23,33)5/h7,19,21-29,37-42,44H,8-18H2,1-6H3. The number of fused-ring (bicyclic) bond motifs is 7. The van der Waals surface area contributed by atoms with Crippen LogP contribution in [0.1, 0.15) is 99.3 Å². The van der Waals surface area contributed by atoms with Crippen molar-refractivity contribution in [2.45, 2.75) is 142 Å². The molecule has 1 heterocycles. The van der Waals surface area contributed by atoms with Crippen LogP contribution in [0.15, 0.2) is 11.6 Å². The SMILES string of the molecule is CC1CCC2(C(=O)OC3OC(CO)C(O)C(O)C3O)CCC3(C)C(=CCC4C5(C)CCC(O)C(C)(CO)C5CCC43C)C2C1(C)O.